The second-order valence-electron chi connectivity index (χ2n) is 3.88. The van der Waals surface area contributed by atoms with Crippen LogP contribution in [0.5, 0.6) is 0 Å². The van der Waals surface area contributed by atoms with Crippen LogP contribution in [-0.4, -0.2) is 16.8 Å². The lowest BCUT2D eigenvalue weighted by Crippen LogP contribution is -1.84. The van der Waals surface area contributed by atoms with E-state index in [2.05, 4.69) is 0 Å². The van der Waals surface area contributed by atoms with Crippen molar-refractivity contribution in [2.45, 2.75) is 64.2 Å². The molecule has 0 aromatic rings. The summed E-state index contributed by atoms with van der Waals surface area (Å²) in [5, 5.41) is 17.0. The Morgan fingerprint density at radius 3 is 1.50 bits per heavy atom. The van der Waals surface area contributed by atoms with E-state index in [1.54, 1.807) is 0 Å². The summed E-state index contributed by atoms with van der Waals surface area (Å²) in [7, 11) is 0. The van der Waals surface area contributed by atoms with Crippen molar-refractivity contribution in [2.75, 3.05) is 6.61 Å². The van der Waals surface area contributed by atoms with Crippen LogP contribution >= 0.6 is 0 Å². The van der Waals surface area contributed by atoms with Crippen LogP contribution in [0.15, 0.2) is 0 Å². The predicted octanol–water partition coefficient (Wildman–Crippen LogP) is 3.41. The summed E-state index contributed by atoms with van der Waals surface area (Å²) in [6, 6.07) is 0. The van der Waals surface area contributed by atoms with Crippen LogP contribution in [0.1, 0.15) is 64.2 Å². The minimum Gasteiger partial charge on any atom is -0.396 e. The van der Waals surface area contributed by atoms with E-state index in [1.165, 1.54) is 51.6 Å². The van der Waals surface area contributed by atoms with Gasteiger partial charge in [-0.1, -0.05) is 51.4 Å². The minimum atomic E-state index is 0.345. The van der Waals surface area contributed by atoms with Gasteiger partial charge in [-0.3, -0.25) is 0 Å². The average Bonchev–Trinajstić information content (AvgIpc) is 2.21. The van der Waals surface area contributed by atoms with Gasteiger partial charge in [-0.2, -0.15) is 0 Å². The molecule has 2 heteroatoms. The normalized spacial score (nSPS) is 10.7. The Balaban J connectivity index is 2.78. The Bertz CT molecular complexity index is 82.3. The molecule has 0 aliphatic carbocycles. The first-order valence-corrected chi connectivity index (χ1v) is 5.98. The van der Waals surface area contributed by atoms with Gasteiger partial charge in [-0.05, 0) is 12.8 Å². The van der Waals surface area contributed by atoms with Gasteiger partial charge in [0.15, 0.2) is 0 Å². The van der Waals surface area contributed by atoms with Crippen molar-refractivity contribution < 1.29 is 10.2 Å². The van der Waals surface area contributed by atoms with E-state index < -0.39 is 0 Å². The van der Waals surface area contributed by atoms with Crippen molar-refractivity contribution in [2.24, 2.45) is 0 Å². The third-order valence-corrected chi connectivity index (χ3v) is 2.49. The fourth-order valence-corrected chi connectivity index (χ4v) is 1.58. The first-order chi connectivity index (χ1) is 6.91. The van der Waals surface area contributed by atoms with Gasteiger partial charge < -0.3 is 10.2 Å². The number of rotatable bonds is 11. The largest absolute Gasteiger partial charge is 0.396 e. The first kappa shape index (κ1) is 13.9. The molecule has 0 heterocycles. The molecule has 2 N–H and O–H groups in total. The van der Waals surface area contributed by atoms with Gasteiger partial charge in [0.2, 0.25) is 0 Å². The Hall–Kier alpha value is -0.0800. The Kier molecular flexibility index (Phi) is 12.8. The van der Waals surface area contributed by atoms with Gasteiger partial charge in [-0.15, -0.1) is 0 Å². The van der Waals surface area contributed by atoms with E-state index >= 15 is 0 Å². The van der Waals surface area contributed by atoms with Crippen LogP contribution < -0.4 is 0 Å². The topological polar surface area (TPSA) is 40.5 Å². The summed E-state index contributed by atoms with van der Waals surface area (Å²) in [5.74, 6) is 0. The van der Waals surface area contributed by atoms with Gasteiger partial charge in [0, 0.05) is 6.61 Å². The van der Waals surface area contributed by atoms with Gasteiger partial charge in [0.05, 0.1) is 6.61 Å². The molecule has 14 heavy (non-hydrogen) atoms. The third-order valence-electron chi connectivity index (χ3n) is 2.49. The van der Waals surface area contributed by atoms with Crippen molar-refractivity contribution in [3.05, 3.63) is 6.61 Å². The molecule has 0 atom stereocenters. The molecule has 85 valence electrons. The number of hydrogen-bond acceptors (Lipinski definition) is 2. The molecular weight excluding hydrogens is 176 g/mol. The zero-order valence-corrected chi connectivity index (χ0v) is 9.25. The van der Waals surface area contributed by atoms with Crippen LogP contribution in [0, 0.1) is 6.61 Å². The molecule has 0 saturated heterocycles. The highest BCUT2D eigenvalue weighted by Gasteiger charge is 1.92. The molecule has 1 radical (unpaired) electrons. The van der Waals surface area contributed by atoms with Gasteiger partial charge in [0.25, 0.3) is 0 Å². The summed E-state index contributed by atoms with van der Waals surface area (Å²) < 4.78 is 0. The molecule has 0 unspecified atom stereocenters. The van der Waals surface area contributed by atoms with E-state index in [1.807, 2.05) is 0 Å². The summed E-state index contributed by atoms with van der Waals surface area (Å²) in [6.07, 6.45) is 11.9. The van der Waals surface area contributed by atoms with Gasteiger partial charge >= 0.3 is 0 Å². The summed E-state index contributed by atoms with van der Waals surface area (Å²) in [6.45, 7) is 1.60. The zero-order valence-electron chi connectivity index (χ0n) is 9.25. The summed E-state index contributed by atoms with van der Waals surface area (Å²) in [5.41, 5.74) is 0. The van der Waals surface area contributed by atoms with Crippen LogP contribution in [0.4, 0.5) is 0 Å². The lowest BCUT2D eigenvalue weighted by molar-refractivity contribution is 0.282. The molecular formula is C12H25O2. The van der Waals surface area contributed by atoms with E-state index in [4.69, 9.17) is 10.2 Å². The molecule has 0 aromatic carbocycles. The fourth-order valence-electron chi connectivity index (χ4n) is 1.58. The molecule has 2 nitrogen and oxygen atoms in total. The monoisotopic (exact) mass is 201 g/mol. The second-order valence-corrected chi connectivity index (χ2v) is 3.88. The Morgan fingerprint density at radius 2 is 1.07 bits per heavy atom. The lowest BCUT2D eigenvalue weighted by Gasteiger charge is -2.01. The van der Waals surface area contributed by atoms with E-state index in [-0.39, 0.29) is 0 Å². The number of unbranched alkanes of at least 4 members (excludes halogenated alkanes) is 9. The highest BCUT2D eigenvalue weighted by atomic mass is 16.3. The third kappa shape index (κ3) is 11.9. The maximum atomic E-state index is 8.57. The van der Waals surface area contributed by atoms with Crippen molar-refractivity contribution in [3.63, 3.8) is 0 Å². The Labute approximate surface area is 88.3 Å². The van der Waals surface area contributed by atoms with Crippen LogP contribution in [0.3, 0.4) is 0 Å². The maximum absolute atomic E-state index is 8.57. The van der Waals surface area contributed by atoms with Crippen molar-refractivity contribution in [1.82, 2.24) is 0 Å². The molecule has 0 bridgehead atoms. The molecule has 0 aliphatic rings. The molecule has 0 spiro atoms. The van der Waals surface area contributed by atoms with E-state index in [0.29, 0.717) is 6.61 Å². The fraction of sp³-hybridized carbons (Fsp3) is 0.917. The Morgan fingerprint density at radius 1 is 0.643 bits per heavy atom. The number of aliphatic hydroxyl groups is 2. The molecule has 0 aromatic heterocycles. The molecule has 0 fully saturated rings. The highest BCUT2D eigenvalue weighted by molar-refractivity contribution is 4.50. The van der Waals surface area contributed by atoms with Crippen LogP contribution in [0.2, 0.25) is 0 Å². The maximum Gasteiger partial charge on any atom is 0.0799 e. The van der Waals surface area contributed by atoms with Crippen molar-refractivity contribution >= 4 is 0 Å². The molecule has 0 rings (SSSR count). The summed E-state index contributed by atoms with van der Waals surface area (Å²) >= 11 is 0. The predicted molar refractivity (Wildman–Crippen MR) is 59.5 cm³/mol. The zero-order chi connectivity index (χ0) is 10.5. The van der Waals surface area contributed by atoms with Crippen molar-refractivity contribution in [1.29, 1.82) is 0 Å². The van der Waals surface area contributed by atoms with Crippen LogP contribution in [0.25, 0.3) is 0 Å². The smallest absolute Gasteiger partial charge is 0.0799 e. The van der Waals surface area contributed by atoms with Crippen molar-refractivity contribution in [3.8, 4) is 0 Å². The van der Waals surface area contributed by atoms with E-state index in [9.17, 15) is 0 Å². The average molecular weight is 201 g/mol. The SMILES string of the molecule is O[CH]CCCCCCCCCCCO. The lowest BCUT2D eigenvalue weighted by atomic mass is 10.1. The second kappa shape index (κ2) is 12.9. The minimum absolute atomic E-state index is 0.345. The highest BCUT2D eigenvalue weighted by Crippen LogP contribution is 2.10. The molecule has 0 saturated carbocycles. The molecule has 0 aliphatic heterocycles. The quantitative estimate of drug-likeness (QED) is 0.503. The number of hydrogen-bond donors (Lipinski definition) is 2. The van der Waals surface area contributed by atoms with Gasteiger partial charge in [-0.25, -0.2) is 0 Å². The standard InChI is InChI=1S/C12H25O2/c13-11-9-7-5-3-1-2-4-6-8-10-12-14/h11,13-14H,1-10,12H2. The first-order valence-electron chi connectivity index (χ1n) is 5.98. The summed E-state index contributed by atoms with van der Waals surface area (Å²) in [4.78, 5) is 0. The van der Waals surface area contributed by atoms with Gasteiger partial charge in [0.1, 0.15) is 0 Å². The van der Waals surface area contributed by atoms with E-state index in [0.717, 1.165) is 19.3 Å². The van der Waals surface area contributed by atoms with Crippen LogP contribution in [-0.2, 0) is 0 Å². The number of aliphatic hydroxyl groups excluding tert-OH is 2. The molecule has 0 amide bonds.